The van der Waals surface area contributed by atoms with Gasteiger partial charge in [0.25, 0.3) is 0 Å². The molecule has 0 saturated carbocycles. The van der Waals surface area contributed by atoms with Crippen LogP contribution in [0, 0.1) is 11.8 Å². The lowest BCUT2D eigenvalue weighted by Gasteiger charge is -2.11. The zero-order valence-electron chi connectivity index (χ0n) is 11.1. The van der Waals surface area contributed by atoms with Gasteiger partial charge in [0.2, 0.25) is 0 Å². The molecule has 0 spiro atoms. The van der Waals surface area contributed by atoms with Crippen molar-refractivity contribution in [2.45, 2.75) is 13.5 Å². The van der Waals surface area contributed by atoms with Gasteiger partial charge in [-0.2, -0.15) is 0 Å². The number of ether oxygens (including phenoxy) is 2. The highest BCUT2D eigenvalue weighted by Crippen LogP contribution is 2.34. The third kappa shape index (κ3) is 5.96. The van der Waals surface area contributed by atoms with Crippen molar-refractivity contribution >= 4 is 31.9 Å². The first kappa shape index (κ1) is 16.5. The molecule has 1 aromatic carbocycles. The quantitative estimate of drug-likeness (QED) is 0.572. The first-order chi connectivity index (χ1) is 9.19. The van der Waals surface area contributed by atoms with Gasteiger partial charge in [0.05, 0.1) is 15.6 Å². The molecule has 0 aromatic heterocycles. The van der Waals surface area contributed by atoms with Gasteiger partial charge >= 0.3 is 0 Å². The van der Waals surface area contributed by atoms with Crippen LogP contribution in [-0.4, -0.2) is 26.9 Å². The molecule has 0 heterocycles. The van der Waals surface area contributed by atoms with Gasteiger partial charge in [0.15, 0.2) is 0 Å². The standard InChI is InChI=1S/C14H17Br2NO2/c1-3-4-6-19-14-12(15)8-11(9-13(14)16)10-17-5-7-18-2/h8-9,17H,5-7,10H2,1-2H3. The molecular formula is C14H17Br2NO2. The Labute approximate surface area is 131 Å². The Morgan fingerprint density at radius 2 is 1.95 bits per heavy atom. The molecule has 0 amide bonds. The molecule has 3 nitrogen and oxygen atoms in total. The minimum Gasteiger partial charge on any atom is -0.479 e. The van der Waals surface area contributed by atoms with Gasteiger partial charge in [0, 0.05) is 20.2 Å². The Hall–Kier alpha value is -0.540. The third-order valence-electron chi connectivity index (χ3n) is 2.34. The lowest BCUT2D eigenvalue weighted by molar-refractivity contribution is 0.199. The molecule has 1 rings (SSSR count). The van der Waals surface area contributed by atoms with E-state index in [0.29, 0.717) is 13.2 Å². The molecule has 0 radical (unpaired) electrons. The normalized spacial score (nSPS) is 9.89. The van der Waals surface area contributed by atoms with Crippen molar-refractivity contribution in [3.05, 3.63) is 26.6 Å². The van der Waals surface area contributed by atoms with E-state index in [1.165, 1.54) is 5.56 Å². The number of benzene rings is 1. The van der Waals surface area contributed by atoms with Crippen LogP contribution in [0.25, 0.3) is 0 Å². The predicted octanol–water partition coefficient (Wildman–Crippen LogP) is 3.35. The maximum Gasteiger partial charge on any atom is 0.149 e. The lowest BCUT2D eigenvalue weighted by Crippen LogP contribution is -2.18. The number of rotatable bonds is 7. The Balaban J connectivity index is 2.64. The van der Waals surface area contributed by atoms with Crippen molar-refractivity contribution < 1.29 is 9.47 Å². The average Bonchev–Trinajstić information content (AvgIpc) is 2.38. The van der Waals surface area contributed by atoms with E-state index in [2.05, 4.69) is 49.0 Å². The summed E-state index contributed by atoms with van der Waals surface area (Å²) in [6, 6.07) is 4.08. The summed E-state index contributed by atoms with van der Waals surface area (Å²) < 4.78 is 12.4. The van der Waals surface area contributed by atoms with E-state index in [1.807, 2.05) is 12.1 Å². The Morgan fingerprint density at radius 1 is 1.26 bits per heavy atom. The number of hydrogen-bond acceptors (Lipinski definition) is 3. The average molecular weight is 391 g/mol. The van der Waals surface area contributed by atoms with Crippen LogP contribution in [0.5, 0.6) is 5.75 Å². The topological polar surface area (TPSA) is 30.5 Å². The molecule has 104 valence electrons. The molecule has 0 fully saturated rings. The molecule has 0 aliphatic carbocycles. The highest BCUT2D eigenvalue weighted by molar-refractivity contribution is 9.11. The van der Waals surface area contributed by atoms with Crippen LogP contribution in [0.15, 0.2) is 21.1 Å². The van der Waals surface area contributed by atoms with Gasteiger partial charge in [-0.05, 0) is 56.5 Å². The zero-order chi connectivity index (χ0) is 14.1. The van der Waals surface area contributed by atoms with Gasteiger partial charge in [-0.3, -0.25) is 0 Å². The summed E-state index contributed by atoms with van der Waals surface area (Å²) in [7, 11) is 1.69. The van der Waals surface area contributed by atoms with E-state index < -0.39 is 0 Å². The van der Waals surface area contributed by atoms with Crippen LogP contribution >= 0.6 is 31.9 Å². The summed E-state index contributed by atoms with van der Waals surface area (Å²) in [6.45, 7) is 4.51. The van der Waals surface area contributed by atoms with E-state index in [-0.39, 0.29) is 0 Å². The molecule has 0 unspecified atom stereocenters. The van der Waals surface area contributed by atoms with Gasteiger partial charge in [-0.1, -0.05) is 5.92 Å². The van der Waals surface area contributed by atoms with Crippen molar-refractivity contribution in [3.63, 3.8) is 0 Å². The van der Waals surface area contributed by atoms with Gasteiger partial charge in [0.1, 0.15) is 12.4 Å². The second-order valence-corrected chi connectivity index (χ2v) is 5.48. The molecule has 19 heavy (non-hydrogen) atoms. The fourth-order valence-electron chi connectivity index (χ4n) is 1.44. The number of hydrogen-bond donors (Lipinski definition) is 1. The van der Waals surface area contributed by atoms with Crippen molar-refractivity contribution in [2.75, 3.05) is 26.9 Å². The fraction of sp³-hybridized carbons (Fsp3) is 0.429. The molecule has 0 saturated heterocycles. The molecule has 0 bridgehead atoms. The van der Waals surface area contributed by atoms with Gasteiger partial charge in [-0.25, -0.2) is 0 Å². The molecule has 0 atom stereocenters. The van der Waals surface area contributed by atoms with Gasteiger partial charge in [-0.15, -0.1) is 5.92 Å². The molecular weight excluding hydrogens is 374 g/mol. The summed E-state index contributed by atoms with van der Waals surface area (Å²) in [5, 5.41) is 3.30. The Bertz CT molecular complexity index is 443. The van der Waals surface area contributed by atoms with E-state index in [9.17, 15) is 0 Å². The summed E-state index contributed by atoms with van der Waals surface area (Å²) in [6.07, 6.45) is 0. The molecule has 0 aliphatic heterocycles. The zero-order valence-corrected chi connectivity index (χ0v) is 14.2. The second-order valence-electron chi connectivity index (χ2n) is 3.77. The first-order valence-corrected chi connectivity index (χ1v) is 7.47. The maximum atomic E-state index is 5.60. The van der Waals surface area contributed by atoms with Gasteiger partial charge < -0.3 is 14.8 Å². The summed E-state index contributed by atoms with van der Waals surface area (Å²) in [5.74, 6) is 6.46. The summed E-state index contributed by atoms with van der Waals surface area (Å²) in [5.41, 5.74) is 1.17. The smallest absolute Gasteiger partial charge is 0.149 e. The second kappa shape index (κ2) is 9.38. The van der Waals surface area contributed by atoms with Crippen molar-refractivity contribution in [1.82, 2.24) is 5.32 Å². The largest absolute Gasteiger partial charge is 0.479 e. The van der Waals surface area contributed by atoms with Crippen LogP contribution in [0.1, 0.15) is 12.5 Å². The third-order valence-corrected chi connectivity index (χ3v) is 3.51. The van der Waals surface area contributed by atoms with Crippen LogP contribution in [0.3, 0.4) is 0 Å². The first-order valence-electron chi connectivity index (χ1n) is 5.89. The van der Waals surface area contributed by atoms with E-state index >= 15 is 0 Å². The Kier molecular flexibility index (Phi) is 8.15. The number of nitrogens with one attached hydrogen (secondary N) is 1. The number of halogens is 2. The molecule has 5 heteroatoms. The van der Waals surface area contributed by atoms with E-state index in [4.69, 9.17) is 9.47 Å². The van der Waals surface area contributed by atoms with Crippen LogP contribution in [0.4, 0.5) is 0 Å². The van der Waals surface area contributed by atoms with Crippen molar-refractivity contribution in [1.29, 1.82) is 0 Å². The van der Waals surface area contributed by atoms with E-state index in [0.717, 1.165) is 27.8 Å². The SMILES string of the molecule is CC#CCOc1c(Br)cc(CNCCOC)cc1Br. The van der Waals surface area contributed by atoms with E-state index in [1.54, 1.807) is 14.0 Å². The van der Waals surface area contributed by atoms with Crippen molar-refractivity contribution in [2.24, 2.45) is 0 Å². The maximum absolute atomic E-state index is 5.60. The van der Waals surface area contributed by atoms with Crippen LogP contribution < -0.4 is 10.1 Å². The van der Waals surface area contributed by atoms with Crippen LogP contribution in [0.2, 0.25) is 0 Å². The molecule has 1 N–H and O–H groups in total. The Morgan fingerprint density at radius 3 is 2.53 bits per heavy atom. The minimum absolute atomic E-state index is 0.388. The fourth-order valence-corrected chi connectivity index (χ4v) is 2.95. The minimum atomic E-state index is 0.388. The molecule has 1 aromatic rings. The summed E-state index contributed by atoms with van der Waals surface area (Å²) in [4.78, 5) is 0. The predicted molar refractivity (Wildman–Crippen MR) is 84.4 cm³/mol. The molecule has 0 aliphatic rings. The van der Waals surface area contributed by atoms with Crippen molar-refractivity contribution in [3.8, 4) is 17.6 Å². The van der Waals surface area contributed by atoms with Crippen LogP contribution in [-0.2, 0) is 11.3 Å². The highest BCUT2D eigenvalue weighted by atomic mass is 79.9. The lowest BCUT2D eigenvalue weighted by atomic mass is 10.2. The highest BCUT2D eigenvalue weighted by Gasteiger charge is 2.08. The number of methoxy groups -OCH3 is 1. The summed E-state index contributed by atoms with van der Waals surface area (Å²) >= 11 is 7.03. The monoisotopic (exact) mass is 389 g/mol.